The van der Waals surface area contributed by atoms with Crippen molar-refractivity contribution in [2.24, 2.45) is 0 Å². The van der Waals surface area contributed by atoms with Crippen molar-refractivity contribution in [3.05, 3.63) is 65.7 Å². The van der Waals surface area contributed by atoms with E-state index in [4.69, 9.17) is 13.9 Å². The zero-order chi connectivity index (χ0) is 19.7. The van der Waals surface area contributed by atoms with E-state index in [0.29, 0.717) is 36.3 Å². The van der Waals surface area contributed by atoms with E-state index in [2.05, 4.69) is 6.07 Å². The lowest BCUT2D eigenvalue weighted by Crippen LogP contribution is -2.42. The number of carbonyl (C=O) groups is 1. The maximum absolute atomic E-state index is 13.1. The van der Waals surface area contributed by atoms with Crippen LogP contribution in [0.15, 0.2) is 53.2 Å². The Morgan fingerprint density at radius 3 is 2.68 bits per heavy atom. The van der Waals surface area contributed by atoms with E-state index in [1.807, 2.05) is 36.4 Å². The van der Waals surface area contributed by atoms with Crippen LogP contribution in [0.2, 0.25) is 0 Å². The highest BCUT2D eigenvalue weighted by Crippen LogP contribution is 2.31. The Bertz CT molecular complexity index is 1050. The largest absolute Gasteiger partial charge is 0.486 e. The van der Waals surface area contributed by atoms with E-state index in [1.165, 1.54) is 4.90 Å². The van der Waals surface area contributed by atoms with Gasteiger partial charge in [-0.2, -0.15) is 5.26 Å². The molecule has 4 rings (SSSR count). The van der Waals surface area contributed by atoms with Crippen molar-refractivity contribution in [2.75, 3.05) is 20.2 Å². The van der Waals surface area contributed by atoms with Crippen molar-refractivity contribution in [3.8, 4) is 23.5 Å². The van der Waals surface area contributed by atoms with E-state index < -0.39 is 0 Å². The summed E-state index contributed by atoms with van der Waals surface area (Å²) in [5.74, 6) is 1.81. The average Bonchev–Trinajstić information content (AvgIpc) is 3.34. The van der Waals surface area contributed by atoms with E-state index in [-0.39, 0.29) is 23.1 Å². The smallest absolute Gasteiger partial charge is 0.258 e. The van der Waals surface area contributed by atoms with Gasteiger partial charge in [0.05, 0.1) is 6.54 Å². The molecule has 3 aromatic rings. The quantitative estimate of drug-likeness (QED) is 0.698. The summed E-state index contributed by atoms with van der Waals surface area (Å²) in [6.45, 7) is 2.35. The number of fused-ring (bicyclic) bond motifs is 1. The normalized spacial score (nSPS) is 15.1. The van der Waals surface area contributed by atoms with Crippen LogP contribution in [0, 0.1) is 18.3 Å². The summed E-state index contributed by atoms with van der Waals surface area (Å²) >= 11 is 0. The molecule has 3 heterocycles. The van der Waals surface area contributed by atoms with E-state index in [9.17, 15) is 10.1 Å². The van der Waals surface area contributed by atoms with Crippen molar-refractivity contribution in [1.82, 2.24) is 9.47 Å². The molecule has 1 aliphatic heterocycles. The third kappa shape index (κ3) is 3.09. The van der Waals surface area contributed by atoms with Crippen molar-refractivity contribution in [1.29, 1.82) is 5.26 Å². The Morgan fingerprint density at radius 1 is 1.25 bits per heavy atom. The predicted octanol–water partition coefficient (Wildman–Crippen LogP) is 3.16. The fraction of sp³-hybridized carbons (Fsp3) is 0.238. The SMILES string of the molecule is Cc1oc(-n2cccc2)c(C#N)c1C(=O)N(C)C[C@@H]1COc2ccccc2O1. The predicted molar refractivity (Wildman–Crippen MR) is 101 cm³/mol. The molecule has 1 amide bonds. The van der Waals surface area contributed by atoms with Crippen LogP contribution in [0.4, 0.5) is 0 Å². The van der Waals surface area contributed by atoms with Gasteiger partial charge in [0.15, 0.2) is 17.6 Å². The number of benzene rings is 1. The number of carbonyl (C=O) groups excluding carboxylic acids is 1. The van der Waals surface area contributed by atoms with Crippen LogP contribution in [-0.4, -0.2) is 41.7 Å². The Morgan fingerprint density at radius 2 is 1.96 bits per heavy atom. The molecule has 0 aliphatic carbocycles. The van der Waals surface area contributed by atoms with Gasteiger partial charge in [0, 0.05) is 19.4 Å². The lowest BCUT2D eigenvalue weighted by atomic mass is 10.1. The molecule has 28 heavy (non-hydrogen) atoms. The van der Waals surface area contributed by atoms with Crippen molar-refractivity contribution < 1.29 is 18.7 Å². The van der Waals surface area contributed by atoms with Gasteiger partial charge >= 0.3 is 0 Å². The third-order valence-electron chi connectivity index (χ3n) is 4.62. The van der Waals surface area contributed by atoms with Gasteiger partial charge in [0.2, 0.25) is 5.88 Å². The highest BCUT2D eigenvalue weighted by Gasteiger charge is 2.29. The number of para-hydroxylation sites is 2. The molecule has 1 aromatic carbocycles. The van der Waals surface area contributed by atoms with Gasteiger partial charge in [-0.1, -0.05) is 12.1 Å². The minimum atomic E-state index is -0.300. The molecule has 0 radical (unpaired) electrons. The highest BCUT2D eigenvalue weighted by molar-refractivity contribution is 5.98. The van der Waals surface area contributed by atoms with Crippen LogP contribution < -0.4 is 9.47 Å². The Balaban J connectivity index is 1.54. The Kier molecular flexibility index (Phi) is 4.53. The van der Waals surface area contributed by atoms with Crippen LogP contribution in [0.5, 0.6) is 11.5 Å². The van der Waals surface area contributed by atoms with Gasteiger partial charge in [-0.25, -0.2) is 0 Å². The van der Waals surface area contributed by atoms with Gasteiger partial charge in [0.1, 0.15) is 29.6 Å². The van der Waals surface area contributed by atoms with Crippen LogP contribution in [0.1, 0.15) is 21.7 Å². The summed E-state index contributed by atoms with van der Waals surface area (Å²) in [5, 5.41) is 9.63. The maximum Gasteiger partial charge on any atom is 0.258 e. The van der Waals surface area contributed by atoms with E-state index >= 15 is 0 Å². The van der Waals surface area contributed by atoms with Crippen LogP contribution in [-0.2, 0) is 0 Å². The molecule has 2 aromatic heterocycles. The van der Waals surface area contributed by atoms with Crippen LogP contribution in [0.3, 0.4) is 0 Å². The summed E-state index contributed by atoms with van der Waals surface area (Å²) < 4.78 is 19.0. The molecule has 1 aliphatic rings. The lowest BCUT2D eigenvalue weighted by Gasteiger charge is -2.29. The van der Waals surface area contributed by atoms with E-state index in [0.717, 1.165) is 0 Å². The summed E-state index contributed by atoms with van der Waals surface area (Å²) in [5.41, 5.74) is 0.488. The number of likely N-dealkylation sites (N-methyl/N-ethyl adjacent to an activating group) is 1. The monoisotopic (exact) mass is 377 g/mol. The van der Waals surface area contributed by atoms with Gasteiger partial charge in [-0.3, -0.25) is 9.36 Å². The molecule has 0 spiro atoms. The first kappa shape index (κ1) is 17.7. The summed E-state index contributed by atoms with van der Waals surface area (Å²) in [4.78, 5) is 14.6. The number of nitrogens with zero attached hydrogens (tertiary/aromatic N) is 3. The van der Waals surface area contributed by atoms with Gasteiger partial charge in [0.25, 0.3) is 5.91 Å². The fourth-order valence-electron chi connectivity index (χ4n) is 3.28. The first-order valence-corrected chi connectivity index (χ1v) is 8.89. The summed E-state index contributed by atoms with van der Waals surface area (Å²) in [6, 6.07) is 13.2. The zero-order valence-electron chi connectivity index (χ0n) is 15.6. The number of ether oxygens (including phenoxy) is 2. The molecule has 1 atom stereocenters. The highest BCUT2D eigenvalue weighted by atomic mass is 16.6. The molecule has 0 unspecified atom stereocenters. The molecule has 0 saturated heterocycles. The van der Waals surface area contributed by atoms with Gasteiger partial charge < -0.3 is 18.8 Å². The fourth-order valence-corrected chi connectivity index (χ4v) is 3.28. The lowest BCUT2D eigenvalue weighted by molar-refractivity contribution is 0.0519. The van der Waals surface area contributed by atoms with Crippen molar-refractivity contribution in [3.63, 3.8) is 0 Å². The van der Waals surface area contributed by atoms with Gasteiger partial charge in [-0.15, -0.1) is 0 Å². The molecule has 0 N–H and O–H groups in total. The second-order valence-electron chi connectivity index (χ2n) is 6.60. The number of hydrogen-bond donors (Lipinski definition) is 0. The molecule has 0 bridgehead atoms. The number of aromatic nitrogens is 1. The summed E-state index contributed by atoms with van der Waals surface area (Å²) in [7, 11) is 1.68. The molecule has 7 nitrogen and oxygen atoms in total. The average molecular weight is 377 g/mol. The molecular formula is C21H19N3O4. The third-order valence-corrected chi connectivity index (χ3v) is 4.62. The molecule has 0 fully saturated rings. The standard InChI is InChI=1S/C21H19N3O4/c1-14-19(16(11-22)21(27-14)24-9-5-6-10-24)20(25)23(2)12-15-13-26-17-7-3-4-8-18(17)28-15/h3-10,15H,12-13H2,1-2H3/t15-/m1/s1. The summed E-state index contributed by atoms with van der Waals surface area (Å²) in [6.07, 6.45) is 3.23. The maximum atomic E-state index is 13.1. The van der Waals surface area contributed by atoms with E-state index in [1.54, 1.807) is 30.9 Å². The number of hydrogen-bond acceptors (Lipinski definition) is 5. The topological polar surface area (TPSA) is 80.6 Å². The number of amides is 1. The first-order chi connectivity index (χ1) is 13.6. The number of nitriles is 1. The van der Waals surface area contributed by atoms with Crippen LogP contribution >= 0.6 is 0 Å². The number of rotatable bonds is 4. The minimum absolute atomic E-state index is 0.219. The van der Waals surface area contributed by atoms with Crippen molar-refractivity contribution >= 4 is 5.91 Å². The molecular weight excluding hydrogens is 358 g/mol. The zero-order valence-corrected chi connectivity index (χ0v) is 15.6. The van der Waals surface area contributed by atoms with Crippen molar-refractivity contribution in [2.45, 2.75) is 13.0 Å². The number of furan rings is 1. The van der Waals surface area contributed by atoms with Crippen LogP contribution in [0.25, 0.3) is 5.88 Å². The first-order valence-electron chi connectivity index (χ1n) is 8.89. The Labute approximate surface area is 162 Å². The number of aryl methyl sites for hydroxylation is 1. The molecule has 142 valence electrons. The minimum Gasteiger partial charge on any atom is -0.486 e. The molecule has 7 heteroatoms. The second kappa shape index (κ2) is 7.16. The molecule has 0 saturated carbocycles. The second-order valence-corrected chi connectivity index (χ2v) is 6.60. The Hall–Kier alpha value is -3.66. The van der Waals surface area contributed by atoms with Gasteiger partial charge in [-0.05, 0) is 31.2 Å².